The molecule has 1 unspecified atom stereocenters. The van der Waals surface area contributed by atoms with E-state index in [-0.39, 0.29) is 10.5 Å². The van der Waals surface area contributed by atoms with Gasteiger partial charge in [-0.2, -0.15) is 21.6 Å². The fourth-order valence-corrected chi connectivity index (χ4v) is 3.22. The largest absolute Gasteiger partial charge is 0.416 e. The Labute approximate surface area is 147 Å². The van der Waals surface area contributed by atoms with E-state index in [1.54, 1.807) is 6.92 Å². The van der Waals surface area contributed by atoms with Crippen molar-refractivity contribution in [2.45, 2.75) is 31.0 Å². The van der Waals surface area contributed by atoms with Crippen LogP contribution in [0.4, 0.5) is 18.9 Å². The Hall–Kier alpha value is -2.46. The molecule has 0 saturated heterocycles. The first kappa shape index (κ1) is 19.9. The summed E-state index contributed by atoms with van der Waals surface area (Å²) in [7, 11) is -4.26. The Morgan fingerprint density at radius 1 is 1.12 bits per heavy atom. The van der Waals surface area contributed by atoms with Crippen molar-refractivity contribution in [2.24, 2.45) is 0 Å². The van der Waals surface area contributed by atoms with Crippen molar-refractivity contribution in [3.8, 4) is 0 Å². The van der Waals surface area contributed by atoms with Gasteiger partial charge in [0, 0.05) is 12.1 Å². The van der Waals surface area contributed by atoms with Crippen LogP contribution in [0.3, 0.4) is 0 Å². The van der Waals surface area contributed by atoms with Gasteiger partial charge in [0.05, 0.1) is 21.5 Å². The van der Waals surface area contributed by atoms with Crippen molar-refractivity contribution in [3.63, 3.8) is 0 Å². The van der Waals surface area contributed by atoms with Gasteiger partial charge in [0.25, 0.3) is 15.8 Å². The second kappa shape index (κ2) is 7.04. The number of nitrogens with zero attached hydrogens (tertiary/aromatic N) is 1. The molecule has 0 bridgehead atoms. The van der Waals surface area contributed by atoms with E-state index in [1.165, 1.54) is 31.2 Å². The predicted octanol–water partition coefficient (Wildman–Crippen LogP) is 4.39. The number of non-ortho nitro benzene ring substituents is 1. The van der Waals surface area contributed by atoms with Gasteiger partial charge < -0.3 is 0 Å². The van der Waals surface area contributed by atoms with E-state index < -0.39 is 38.6 Å². The summed E-state index contributed by atoms with van der Waals surface area (Å²) in [5.74, 6) is 0. The maximum Gasteiger partial charge on any atom is 0.416 e. The van der Waals surface area contributed by atoms with Crippen LogP contribution in [0.2, 0.25) is 0 Å². The van der Waals surface area contributed by atoms with E-state index in [9.17, 15) is 31.7 Å². The molecule has 0 aromatic heterocycles. The van der Waals surface area contributed by atoms with E-state index in [1.807, 2.05) is 0 Å². The van der Waals surface area contributed by atoms with Crippen LogP contribution in [0.25, 0.3) is 0 Å². The number of hydrogen-bond donors (Lipinski definition) is 0. The lowest BCUT2D eigenvalue weighted by molar-refractivity contribution is -0.385. The monoisotopic (exact) mass is 389 g/mol. The van der Waals surface area contributed by atoms with Crippen molar-refractivity contribution in [3.05, 3.63) is 69.3 Å². The van der Waals surface area contributed by atoms with Gasteiger partial charge in [-0.25, -0.2) is 0 Å². The van der Waals surface area contributed by atoms with E-state index in [0.717, 1.165) is 11.6 Å². The molecule has 2 rings (SSSR count). The Kier molecular flexibility index (Phi) is 5.38. The lowest BCUT2D eigenvalue weighted by Crippen LogP contribution is -2.12. The molecule has 140 valence electrons. The first-order valence-electron chi connectivity index (χ1n) is 7.26. The van der Waals surface area contributed by atoms with Gasteiger partial charge in [-0.15, -0.1) is 0 Å². The van der Waals surface area contributed by atoms with Crippen molar-refractivity contribution in [1.29, 1.82) is 0 Å². The molecule has 0 aliphatic rings. The van der Waals surface area contributed by atoms with Gasteiger partial charge in [-0.3, -0.25) is 14.3 Å². The second-order valence-corrected chi connectivity index (χ2v) is 7.15. The number of rotatable bonds is 5. The van der Waals surface area contributed by atoms with Crippen molar-refractivity contribution < 1.29 is 30.7 Å². The molecule has 2 aromatic rings. The second-order valence-electron chi connectivity index (χ2n) is 5.57. The van der Waals surface area contributed by atoms with E-state index in [2.05, 4.69) is 0 Å². The number of halogens is 3. The van der Waals surface area contributed by atoms with Crippen LogP contribution in [-0.2, 0) is 20.5 Å². The average molecular weight is 389 g/mol. The first-order chi connectivity index (χ1) is 11.9. The van der Waals surface area contributed by atoms with E-state index in [0.29, 0.717) is 12.1 Å². The summed E-state index contributed by atoms with van der Waals surface area (Å²) in [6, 6.07) is 7.53. The summed E-state index contributed by atoms with van der Waals surface area (Å²) >= 11 is 0. The molecule has 10 heteroatoms. The predicted molar refractivity (Wildman–Crippen MR) is 86.0 cm³/mol. The van der Waals surface area contributed by atoms with Gasteiger partial charge >= 0.3 is 6.18 Å². The molecule has 0 aliphatic heterocycles. The van der Waals surface area contributed by atoms with Crippen LogP contribution < -0.4 is 0 Å². The number of hydrogen-bond acceptors (Lipinski definition) is 5. The van der Waals surface area contributed by atoms with Crippen LogP contribution in [0.5, 0.6) is 0 Å². The number of benzene rings is 2. The fraction of sp³-hybridized carbons (Fsp3) is 0.250. The summed E-state index contributed by atoms with van der Waals surface area (Å²) < 4.78 is 68.2. The number of aryl methyl sites for hydroxylation is 1. The van der Waals surface area contributed by atoms with Gasteiger partial charge in [0.15, 0.2) is 0 Å². The van der Waals surface area contributed by atoms with Gasteiger partial charge in [0.2, 0.25) is 0 Å². The van der Waals surface area contributed by atoms with Crippen molar-refractivity contribution in [2.75, 3.05) is 0 Å². The molecule has 6 nitrogen and oxygen atoms in total. The van der Waals surface area contributed by atoms with Crippen LogP contribution in [0.1, 0.15) is 29.7 Å². The molecular weight excluding hydrogens is 375 g/mol. The van der Waals surface area contributed by atoms with Gasteiger partial charge in [-0.1, -0.05) is 17.7 Å². The van der Waals surface area contributed by atoms with Crippen LogP contribution >= 0.6 is 0 Å². The standard InChI is InChI=1S/C16H14F3NO5S/c1-10-3-5-15(6-4-10)26(23,24)25-11(2)12-7-13(16(17,18)19)9-14(8-12)20(21)22/h3-9,11H,1-2H3. The Morgan fingerprint density at radius 3 is 2.19 bits per heavy atom. The third-order valence-electron chi connectivity index (χ3n) is 3.53. The minimum atomic E-state index is -4.82. The molecule has 26 heavy (non-hydrogen) atoms. The molecule has 0 fully saturated rings. The zero-order valence-corrected chi connectivity index (χ0v) is 14.5. The molecular formula is C16H14F3NO5S. The molecule has 0 heterocycles. The Morgan fingerprint density at radius 2 is 1.69 bits per heavy atom. The highest BCUT2D eigenvalue weighted by Gasteiger charge is 2.34. The molecule has 2 aromatic carbocycles. The van der Waals surface area contributed by atoms with Gasteiger partial charge in [-0.05, 0) is 37.6 Å². The minimum absolute atomic E-state index is 0.170. The van der Waals surface area contributed by atoms with Crippen LogP contribution in [0.15, 0.2) is 47.4 Å². The SMILES string of the molecule is Cc1ccc(S(=O)(=O)OC(C)c2cc([N+](=O)[O-])cc(C(F)(F)F)c2)cc1. The fourth-order valence-electron chi connectivity index (χ4n) is 2.14. The molecule has 0 saturated carbocycles. The maximum absolute atomic E-state index is 12.9. The smallest absolute Gasteiger partial charge is 0.258 e. The maximum atomic E-state index is 12.9. The van der Waals surface area contributed by atoms with Crippen molar-refractivity contribution in [1.82, 2.24) is 0 Å². The normalized spacial score (nSPS) is 13.4. The minimum Gasteiger partial charge on any atom is -0.258 e. The third kappa shape index (κ3) is 4.58. The third-order valence-corrected chi connectivity index (χ3v) is 4.92. The van der Waals surface area contributed by atoms with E-state index in [4.69, 9.17) is 4.18 Å². The molecule has 0 amide bonds. The summed E-state index contributed by atoms with van der Waals surface area (Å²) in [6.07, 6.45) is -6.18. The molecule has 0 aliphatic carbocycles. The highest BCUT2D eigenvalue weighted by Crippen LogP contribution is 2.35. The molecule has 0 spiro atoms. The van der Waals surface area contributed by atoms with E-state index >= 15 is 0 Å². The van der Waals surface area contributed by atoms with Crippen LogP contribution in [0, 0.1) is 17.0 Å². The Bertz CT molecular complexity index is 924. The first-order valence-corrected chi connectivity index (χ1v) is 8.67. The quantitative estimate of drug-likeness (QED) is 0.430. The molecule has 0 N–H and O–H groups in total. The molecule has 0 radical (unpaired) electrons. The highest BCUT2D eigenvalue weighted by atomic mass is 32.2. The summed E-state index contributed by atoms with van der Waals surface area (Å²) in [5.41, 5.74) is -1.53. The van der Waals surface area contributed by atoms with Crippen LogP contribution in [-0.4, -0.2) is 13.3 Å². The highest BCUT2D eigenvalue weighted by molar-refractivity contribution is 7.86. The summed E-state index contributed by atoms with van der Waals surface area (Å²) in [4.78, 5) is 9.72. The summed E-state index contributed by atoms with van der Waals surface area (Å²) in [6.45, 7) is 2.95. The lowest BCUT2D eigenvalue weighted by atomic mass is 10.1. The van der Waals surface area contributed by atoms with Gasteiger partial charge in [0.1, 0.15) is 0 Å². The summed E-state index contributed by atoms with van der Waals surface area (Å²) in [5, 5.41) is 10.9. The number of nitro groups is 1. The number of nitro benzene ring substituents is 1. The Balaban J connectivity index is 2.39. The average Bonchev–Trinajstić information content (AvgIpc) is 2.53. The van der Waals surface area contributed by atoms with Crippen molar-refractivity contribution >= 4 is 15.8 Å². The topological polar surface area (TPSA) is 86.5 Å². The zero-order chi connectivity index (χ0) is 19.7. The molecule has 1 atom stereocenters. The number of alkyl halides is 3. The zero-order valence-electron chi connectivity index (χ0n) is 13.6. The lowest BCUT2D eigenvalue weighted by Gasteiger charge is -2.15.